The first-order valence-electron chi connectivity index (χ1n) is 3.90. The van der Waals surface area contributed by atoms with Crippen LogP contribution in [0.15, 0.2) is 18.2 Å². The second-order valence-electron chi connectivity index (χ2n) is 3.15. The van der Waals surface area contributed by atoms with E-state index in [9.17, 15) is 4.79 Å². The summed E-state index contributed by atoms with van der Waals surface area (Å²) in [5, 5.41) is 7.36. The number of rotatable bonds is 0. The number of carbonyl (C=O) groups excluding carboxylic acids is 1. The van der Waals surface area contributed by atoms with Crippen molar-refractivity contribution in [1.82, 2.24) is 0 Å². The number of hydrogen-bond acceptors (Lipinski definition) is 2. The lowest BCUT2D eigenvalue weighted by Gasteiger charge is -1.96. The maximum absolute atomic E-state index is 11.3. The molecule has 0 spiro atoms. The Morgan fingerprint density at radius 3 is 2.92 bits per heavy atom. The highest BCUT2D eigenvalue weighted by Gasteiger charge is 2.24. The zero-order valence-electron chi connectivity index (χ0n) is 6.85. The van der Waals surface area contributed by atoms with Crippen LogP contribution in [-0.2, 0) is 6.42 Å². The number of benzene rings is 1. The highest BCUT2D eigenvalue weighted by Crippen LogP contribution is 2.20. The van der Waals surface area contributed by atoms with Crippen molar-refractivity contribution >= 4 is 11.5 Å². The summed E-state index contributed by atoms with van der Waals surface area (Å²) in [6.45, 7) is 1.95. The molecule has 0 saturated heterocycles. The summed E-state index contributed by atoms with van der Waals surface area (Å²) < 4.78 is 0. The van der Waals surface area contributed by atoms with Gasteiger partial charge in [0.15, 0.2) is 0 Å². The van der Waals surface area contributed by atoms with Crippen LogP contribution in [0.4, 0.5) is 0 Å². The molecule has 0 bridgehead atoms. The van der Waals surface area contributed by atoms with Crippen LogP contribution in [0.2, 0.25) is 0 Å². The maximum Gasteiger partial charge on any atom is 0.207 e. The van der Waals surface area contributed by atoms with E-state index in [0.29, 0.717) is 6.42 Å². The van der Waals surface area contributed by atoms with E-state index in [2.05, 4.69) is 0 Å². The number of hydrogen-bond donors (Lipinski definition) is 1. The average molecular weight is 159 g/mol. The van der Waals surface area contributed by atoms with Gasteiger partial charge in [0.05, 0.1) is 5.71 Å². The molecule has 1 aliphatic carbocycles. The van der Waals surface area contributed by atoms with E-state index in [4.69, 9.17) is 5.41 Å². The van der Waals surface area contributed by atoms with Crippen molar-refractivity contribution in [3.05, 3.63) is 34.9 Å². The second-order valence-corrected chi connectivity index (χ2v) is 3.15. The number of nitrogens with one attached hydrogen (secondary N) is 1. The zero-order valence-corrected chi connectivity index (χ0v) is 6.85. The van der Waals surface area contributed by atoms with Crippen molar-refractivity contribution in [2.75, 3.05) is 0 Å². The minimum absolute atomic E-state index is 0.103. The fraction of sp³-hybridized carbons (Fsp3) is 0.200. The number of fused-ring (bicyclic) bond motifs is 1. The molecule has 0 fully saturated rings. The van der Waals surface area contributed by atoms with Gasteiger partial charge in [-0.15, -0.1) is 0 Å². The molecule has 0 saturated carbocycles. The lowest BCUT2D eigenvalue weighted by atomic mass is 10.1. The van der Waals surface area contributed by atoms with Crippen molar-refractivity contribution in [3.8, 4) is 0 Å². The van der Waals surface area contributed by atoms with Crippen LogP contribution in [0.1, 0.15) is 21.5 Å². The van der Waals surface area contributed by atoms with Crippen LogP contribution in [0.5, 0.6) is 0 Å². The SMILES string of the molecule is Cc1ccc2c(c1)C(=O)C(=N)C2. The summed E-state index contributed by atoms with van der Waals surface area (Å²) in [7, 11) is 0. The minimum Gasteiger partial charge on any atom is -0.301 e. The molecule has 1 aromatic rings. The Bertz CT molecular complexity index is 379. The third kappa shape index (κ3) is 0.881. The van der Waals surface area contributed by atoms with E-state index >= 15 is 0 Å². The van der Waals surface area contributed by atoms with Crippen molar-refractivity contribution in [3.63, 3.8) is 0 Å². The third-order valence-electron chi connectivity index (χ3n) is 2.15. The molecule has 2 nitrogen and oxygen atoms in total. The molecular formula is C10H9NO. The molecule has 12 heavy (non-hydrogen) atoms. The number of ketones is 1. The molecule has 1 aromatic carbocycles. The van der Waals surface area contributed by atoms with Crippen LogP contribution < -0.4 is 0 Å². The van der Waals surface area contributed by atoms with Crippen LogP contribution >= 0.6 is 0 Å². The summed E-state index contributed by atoms with van der Waals surface area (Å²) in [5.41, 5.74) is 3.02. The van der Waals surface area contributed by atoms with E-state index in [1.165, 1.54) is 0 Å². The summed E-state index contributed by atoms with van der Waals surface area (Å²) in [6, 6.07) is 5.77. The van der Waals surface area contributed by atoms with Gasteiger partial charge in [-0.3, -0.25) is 4.79 Å². The Balaban J connectivity index is 2.63. The first-order chi connectivity index (χ1) is 5.68. The van der Waals surface area contributed by atoms with Crippen molar-refractivity contribution in [2.45, 2.75) is 13.3 Å². The highest BCUT2D eigenvalue weighted by molar-refractivity contribution is 6.48. The molecule has 0 radical (unpaired) electrons. The molecule has 2 heteroatoms. The Kier molecular flexibility index (Phi) is 1.37. The van der Waals surface area contributed by atoms with Crippen LogP contribution in [0.25, 0.3) is 0 Å². The molecule has 60 valence electrons. The van der Waals surface area contributed by atoms with Crippen molar-refractivity contribution < 1.29 is 4.79 Å². The second kappa shape index (κ2) is 2.27. The molecule has 0 amide bonds. The van der Waals surface area contributed by atoms with E-state index in [0.717, 1.165) is 16.7 Å². The molecule has 0 aromatic heterocycles. The molecule has 0 unspecified atom stereocenters. The van der Waals surface area contributed by atoms with E-state index in [1.54, 1.807) is 0 Å². The summed E-state index contributed by atoms with van der Waals surface area (Å²) in [5.74, 6) is -0.103. The van der Waals surface area contributed by atoms with Gasteiger partial charge >= 0.3 is 0 Å². The quantitative estimate of drug-likeness (QED) is 0.615. The Morgan fingerprint density at radius 1 is 1.42 bits per heavy atom. The normalized spacial score (nSPS) is 15.1. The van der Waals surface area contributed by atoms with Crippen molar-refractivity contribution in [1.29, 1.82) is 5.41 Å². The lowest BCUT2D eigenvalue weighted by Crippen LogP contribution is -2.04. The fourth-order valence-corrected chi connectivity index (χ4v) is 1.49. The predicted octanol–water partition coefficient (Wildman–Crippen LogP) is 1.75. The van der Waals surface area contributed by atoms with Gasteiger partial charge in [-0.25, -0.2) is 0 Å². The first kappa shape index (κ1) is 7.22. The number of Topliss-reactive ketones (excluding diaryl/α,β-unsaturated/α-hetero) is 1. The molecule has 0 atom stereocenters. The van der Waals surface area contributed by atoms with Gasteiger partial charge in [-0.2, -0.15) is 0 Å². The maximum atomic E-state index is 11.3. The monoisotopic (exact) mass is 159 g/mol. The zero-order chi connectivity index (χ0) is 8.72. The van der Waals surface area contributed by atoms with Crippen LogP contribution in [-0.4, -0.2) is 11.5 Å². The summed E-state index contributed by atoms with van der Waals surface area (Å²) in [6.07, 6.45) is 0.508. The smallest absolute Gasteiger partial charge is 0.207 e. The van der Waals surface area contributed by atoms with Gasteiger partial charge in [0.1, 0.15) is 0 Å². The molecule has 1 N–H and O–H groups in total. The molecular weight excluding hydrogens is 150 g/mol. The van der Waals surface area contributed by atoms with Gasteiger partial charge in [-0.1, -0.05) is 17.7 Å². The largest absolute Gasteiger partial charge is 0.301 e. The number of carbonyl (C=O) groups is 1. The molecule has 1 aliphatic rings. The van der Waals surface area contributed by atoms with E-state index in [1.807, 2.05) is 25.1 Å². The standard InChI is InChI=1S/C10H9NO/c1-6-2-3-7-5-9(11)10(12)8(7)4-6/h2-4,11H,5H2,1H3. The van der Waals surface area contributed by atoms with Gasteiger partial charge < -0.3 is 5.41 Å². The van der Waals surface area contributed by atoms with Crippen LogP contribution in [0, 0.1) is 12.3 Å². The highest BCUT2D eigenvalue weighted by atomic mass is 16.1. The fourth-order valence-electron chi connectivity index (χ4n) is 1.49. The Morgan fingerprint density at radius 2 is 2.17 bits per heavy atom. The van der Waals surface area contributed by atoms with Gasteiger partial charge in [0.25, 0.3) is 0 Å². The Hall–Kier alpha value is -1.44. The predicted molar refractivity (Wildman–Crippen MR) is 46.9 cm³/mol. The lowest BCUT2D eigenvalue weighted by molar-refractivity contribution is 0.106. The van der Waals surface area contributed by atoms with E-state index in [-0.39, 0.29) is 11.5 Å². The van der Waals surface area contributed by atoms with E-state index < -0.39 is 0 Å². The topological polar surface area (TPSA) is 40.9 Å². The molecule has 0 heterocycles. The Labute approximate surface area is 70.7 Å². The van der Waals surface area contributed by atoms with Crippen LogP contribution in [0.3, 0.4) is 0 Å². The summed E-state index contributed by atoms with van der Waals surface area (Å²) in [4.78, 5) is 11.3. The van der Waals surface area contributed by atoms with Gasteiger partial charge in [-0.05, 0) is 18.6 Å². The third-order valence-corrected chi connectivity index (χ3v) is 2.15. The van der Waals surface area contributed by atoms with Crippen molar-refractivity contribution in [2.24, 2.45) is 0 Å². The number of aryl methyl sites for hydroxylation is 1. The van der Waals surface area contributed by atoms with Gasteiger partial charge in [0, 0.05) is 12.0 Å². The average Bonchev–Trinajstić information content (AvgIpc) is 2.31. The van der Waals surface area contributed by atoms with Gasteiger partial charge in [0.2, 0.25) is 5.78 Å². The minimum atomic E-state index is -0.103. The summed E-state index contributed by atoms with van der Waals surface area (Å²) >= 11 is 0. The first-order valence-corrected chi connectivity index (χ1v) is 3.90. The molecule has 0 aliphatic heterocycles. The molecule has 2 rings (SSSR count).